The number of rotatable bonds is 11. The lowest BCUT2D eigenvalue weighted by Gasteiger charge is -2.32. The molecule has 0 bridgehead atoms. The third-order valence-electron chi connectivity index (χ3n) is 6.33. The Balaban J connectivity index is 1.97. The fourth-order valence-electron chi connectivity index (χ4n) is 4.15. The first-order valence-electron chi connectivity index (χ1n) is 12.5. The molecule has 2 amide bonds. The van der Waals surface area contributed by atoms with Crippen molar-refractivity contribution < 1.29 is 14.3 Å². The van der Waals surface area contributed by atoms with E-state index in [1.807, 2.05) is 64.1 Å². The van der Waals surface area contributed by atoms with Gasteiger partial charge in [0, 0.05) is 35.1 Å². The molecule has 7 heteroatoms. The Bertz CT molecular complexity index is 1210. The fraction of sp³-hybridized carbons (Fsp3) is 0.333. The lowest BCUT2D eigenvalue weighted by molar-refractivity contribution is -0.142. The Kier molecular flexibility index (Phi) is 10.4. The highest BCUT2D eigenvalue weighted by Gasteiger charge is 2.31. The van der Waals surface area contributed by atoms with Gasteiger partial charge in [0.15, 0.2) is 6.61 Å². The van der Waals surface area contributed by atoms with E-state index >= 15 is 0 Å². The predicted molar refractivity (Wildman–Crippen MR) is 150 cm³/mol. The zero-order chi connectivity index (χ0) is 26.9. The first kappa shape index (κ1) is 28.5. The molecule has 1 N–H and O–H groups in total. The molecule has 3 aromatic rings. The number of amides is 2. The molecule has 5 nitrogen and oxygen atoms in total. The van der Waals surface area contributed by atoms with E-state index in [2.05, 4.69) is 11.4 Å². The van der Waals surface area contributed by atoms with Gasteiger partial charge in [0.05, 0.1) is 0 Å². The number of aryl methyl sites for hydroxylation is 2. The number of nitrogens with zero attached hydrogens (tertiary/aromatic N) is 1. The molecule has 0 aromatic heterocycles. The van der Waals surface area contributed by atoms with E-state index < -0.39 is 6.04 Å². The summed E-state index contributed by atoms with van der Waals surface area (Å²) in [5.74, 6) is 0.0866. The molecule has 0 fully saturated rings. The van der Waals surface area contributed by atoms with Gasteiger partial charge in [-0.2, -0.15) is 0 Å². The second-order valence-corrected chi connectivity index (χ2v) is 10.0. The first-order chi connectivity index (χ1) is 17.7. The summed E-state index contributed by atoms with van der Waals surface area (Å²) in [6.45, 7) is 8.31. The van der Waals surface area contributed by atoms with Crippen LogP contribution < -0.4 is 10.1 Å². The molecule has 0 aliphatic heterocycles. The van der Waals surface area contributed by atoms with Crippen LogP contribution in [-0.4, -0.2) is 35.9 Å². The Morgan fingerprint density at radius 2 is 1.65 bits per heavy atom. The van der Waals surface area contributed by atoms with E-state index in [1.54, 1.807) is 18.2 Å². The van der Waals surface area contributed by atoms with E-state index in [0.717, 1.165) is 28.7 Å². The van der Waals surface area contributed by atoms with Gasteiger partial charge in [-0.3, -0.25) is 9.59 Å². The van der Waals surface area contributed by atoms with Crippen molar-refractivity contribution in [3.63, 3.8) is 0 Å². The predicted octanol–water partition coefficient (Wildman–Crippen LogP) is 6.46. The quantitative estimate of drug-likeness (QED) is 0.303. The number of hydrogen-bond acceptors (Lipinski definition) is 3. The molecule has 0 spiro atoms. The molecule has 196 valence electrons. The number of ether oxygens (including phenoxy) is 1. The average Bonchev–Trinajstić information content (AvgIpc) is 2.87. The monoisotopic (exact) mass is 540 g/mol. The van der Waals surface area contributed by atoms with Gasteiger partial charge in [-0.1, -0.05) is 72.6 Å². The molecular formula is C30H34Cl2N2O3. The molecule has 1 atom stereocenters. The van der Waals surface area contributed by atoms with Crippen LogP contribution in [0, 0.1) is 20.8 Å². The van der Waals surface area contributed by atoms with Crippen LogP contribution in [0.1, 0.15) is 41.2 Å². The van der Waals surface area contributed by atoms with E-state index in [9.17, 15) is 9.59 Å². The minimum Gasteiger partial charge on any atom is -0.483 e. The maximum absolute atomic E-state index is 13.8. The highest BCUT2D eigenvalue weighted by Crippen LogP contribution is 2.28. The maximum Gasteiger partial charge on any atom is 0.261 e. The van der Waals surface area contributed by atoms with Gasteiger partial charge in [-0.05, 0) is 67.6 Å². The molecule has 3 aromatic carbocycles. The van der Waals surface area contributed by atoms with Crippen LogP contribution in [0.15, 0.2) is 60.7 Å². The van der Waals surface area contributed by atoms with Crippen molar-refractivity contribution in [1.29, 1.82) is 0 Å². The molecule has 0 unspecified atom stereocenters. The zero-order valence-electron chi connectivity index (χ0n) is 21.8. The smallest absolute Gasteiger partial charge is 0.261 e. The lowest BCUT2D eigenvalue weighted by Crippen LogP contribution is -2.51. The van der Waals surface area contributed by atoms with Gasteiger partial charge in [0.1, 0.15) is 11.8 Å². The Hall–Kier alpha value is -3.02. The molecular weight excluding hydrogens is 507 g/mol. The van der Waals surface area contributed by atoms with Gasteiger partial charge in [-0.15, -0.1) is 0 Å². The number of carbonyl (C=O) groups is 2. The van der Waals surface area contributed by atoms with Crippen molar-refractivity contribution in [2.45, 2.75) is 53.1 Å². The van der Waals surface area contributed by atoms with E-state index in [1.165, 1.54) is 4.90 Å². The molecule has 37 heavy (non-hydrogen) atoms. The summed E-state index contributed by atoms with van der Waals surface area (Å²) in [7, 11) is 0. The van der Waals surface area contributed by atoms with Crippen LogP contribution in [0.2, 0.25) is 10.0 Å². The summed E-state index contributed by atoms with van der Waals surface area (Å²) >= 11 is 13.0. The third kappa shape index (κ3) is 7.73. The average molecular weight is 542 g/mol. The topological polar surface area (TPSA) is 58.6 Å². The molecule has 0 heterocycles. The number of halogens is 2. The second-order valence-electron chi connectivity index (χ2n) is 9.21. The molecule has 3 rings (SSSR count). The number of benzene rings is 3. The van der Waals surface area contributed by atoms with Crippen molar-refractivity contribution in [1.82, 2.24) is 10.2 Å². The SMILES string of the molecule is CCCNC(=O)[C@@H](Cc1ccccc1)N(Cc1c(Cl)cccc1Cl)C(=O)COc1cc(C)cc(C)c1C. The fourth-order valence-corrected chi connectivity index (χ4v) is 4.66. The number of carbonyl (C=O) groups excluding carboxylic acids is 2. The summed E-state index contributed by atoms with van der Waals surface area (Å²) in [4.78, 5) is 28.7. The molecule has 0 saturated carbocycles. The molecule has 0 aliphatic carbocycles. The third-order valence-corrected chi connectivity index (χ3v) is 7.03. The minimum absolute atomic E-state index is 0.0730. The van der Waals surface area contributed by atoms with Crippen molar-refractivity contribution in [2.24, 2.45) is 0 Å². The second kappa shape index (κ2) is 13.5. The Labute approximate surface area is 229 Å². The summed E-state index contributed by atoms with van der Waals surface area (Å²) in [6.07, 6.45) is 1.12. The molecule has 0 aliphatic rings. The molecule has 0 radical (unpaired) electrons. The van der Waals surface area contributed by atoms with Crippen molar-refractivity contribution in [3.05, 3.63) is 98.5 Å². The summed E-state index contributed by atoms with van der Waals surface area (Å²) in [5.41, 5.74) is 4.63. The van der Waals surface area contributed by atoms with Crippen molar-refractivity contribution in [2.75, 3.05) is 13.2 Å². The van der Waals surface area contributed by atoms with Crippen molar-refractivity contribution >= 4 is 35.0 Å². The maximum atomic E-state index is 13.8. The van der Waals surface area contributed by atoms with Gasteiger partial charge < -0.3 is 15.0 Å². The molecule has 0 saturated heterocycles. The lowest BCUT2D eigenvalue weighted by atomic mass is 10.0. The summed E-state index contributed by atoms with van der Waals surface area (Å²) in [6, 6.07) is 18.1. The van der Waals surface area contributed by atoms with Crippen LogP contribution in [0.5, 0.6) is 5.75 Å². The summed E-state index contributed by atoms with van der Waals surface area (Å²) < 4.78 is 6.01. The van der Waals surface area contributed by atoms with Crippen LogP contribution in [0.25, 0.3) is 0 Å². The largest absolute Gasteiger partial charge is 0.483 e. The highest BCUT2D eigenvalue weighted by molar-refractivity contribution is 6.36. The first-order valence-corrected chi connectivity index (χ1v) is 13.2. The van der Waals surface area contributed by atoms with Gasteiger partial charge in [-0.25, -0.2) is 0 Å². The van der Waals surface area contributed by atoms with Crippen LogP contribution >= 0.6 is 23.2 Å². The van der Waals surface area contributed by atoms with E-state index in [0.29, 0.717) is 34.3 Å². The van der Waals surface area contributed by atoms with E-state index in [4.69, 9.17) is 27.9 Å². The number of nitrogens with one attached hydrogen (secondary N) is 1. The van der Waals surface area contributed by atoms with Crippen molar-refractivity contribution in [3.8, 4) is 5.75 Å². The minimum atomic E-state index is -0.780. The Morgan fingerprint density at radius 1 is 0.973 bits per heavy atom. The standard InChI is InChI=1S/C30H34Cl2N2O3/c1-5-14-33-30(36)27(17-23-10-7-6-8-11-23)34(18-24-25(31)12-9-13-26(24)32)29(35)19-37-28-16-20(2)15-21(3)22(28)4/h6-13,15-16,27H,5,14,17-19H2,1-4H3,(H,33,36)/t27-/m1/s1. The summed E-state index contributed by atoms with van der Waals surface area (Å²) in [5, 5.41) is 3.83. The van der Waals surface area contributed by atoms with E-state index in [-0.39, 0.29) is 25.0 Å². The number of hydrogen-bond donors (Lipinski definition) is 1. The van der Waals surface area contributed by atoms with Crippen LogP contribution in [-0.2, 0) is 22.6 Å². The highest BCUT2D eigenvalue weighted by atomic mass is 35.5. The van der Waals surface area contributed by atoms with Crippen LogP contribution in [0.3, 0.4) is 0 Å². The van der Waals surface area contributed by atoms with Gasteiger partial charge in [0.25, 0.3) is 5.91 Å². The van der Waals surface area contributed by atoms with Gasteiger partial charge >= 0.3 is 0 Å². The Morgan fingerprint density at radius 3 is 2.30 bits per heavy atom. The zero-order valence-corrected chi connectivity index (χ0v) is 23.3. The van der Waals surface area contributed by atoms with Crippen LogP contribution in [0.4, 0.5) is 0 Å². The normalized spacial score (nSPS) is 11.6. The van der Waals surface area contributed by atoms with Gasteiger partial charge in [0.2, 0.25) is 5.91 Å².